The van der Waals surface area contributed by atoms with E-state index in [1.807, 2.05) is 0 Å². The van der Waals surface area contributed by atoms with Crippen molar-refractivity contribution in [1.29, 1.82) is 0 Å². The molecule has 188 valence electrons. The van der Waals surface area contributed by atoms with Gasteiger partial charge in [0.25, 0.3) is 0 Å². The minimum atomic E-state index is -0.108. The second-order valence-electron chi connectivity index (χ2n) is 12.2. The molecule has 1 nitrogen and oxygen atoms in total. The van der Waals surface area contributed by atoms with Crippen LogP contribution in [0.15, 0.2) is 115 Å². The topological polar surface area (TPSA) is 4.93 Å². The largest absolute Gasteiger partial charge is 0.309 e. The van der Waals surface area contributed by atoms with Crippen molar-refractivity contribution in [3.63, 3.8) is 0 Å². The maximum atomic E-state index is 2.51. The van der Waals surface area contributed by atoms with Gasteiger partial charge in [0.15, 0.2) is 0 Å². The molecule has 1 aliphatic carbocycles. The zero-order chi connectivity index (χ0) is 26.5. The van der Waals surface area contributed by atoms with Crippen LogP contribution in [0, 0.1) is 0 Å². The lowest BCUT2D eigenvalue weighted by Crippen LogP contribution is -2.44. The van der Waals surface area contributed by atoms with E-state index in [0.29, 0.717) is 0 Å². The molecule has 0 atom stereocenters. The van der Waals surface area contributed by atoms with E-state index in [4.69, 9.17) is 0 Å². The Kier molecular flexibility index (Phi) is 4.41. The molecule has 0 saturated carbocycles. The van der Waals surface area contributed by atoms with E-state index in [2.05, 4.69) is 148 Å². The van der Waals surface area contributed by atoms with Gasteiger partial charge in [-0.15, -0.1) is 0 Å². The van der Waals surface area contributed by atoms with Gasteiger partial charge in [0, 0.05) is 16.2 Å². The molecule has 0 amide bonds. The van der Waals surface area contributed by atoms with E-state index in [0.717, 1.165) is 0 Å². The van der Waals surface area contributed by atoms with Crippen molar-refractivity contribution in [1.82, 2.24) is 4.57 Å². The Morgan fingerprint density at radius 3 is 1.79 bits per heavy atom. The van der Waals surface area contributed by atoms with Crippen LogP contribution in [-0.2, 0) is 10.8 Å². The standard InChI is InChI=1S/C38H31N/c1-37(2)31-23-22-26-25-13-6-5-12-24(25)20-21-29(26)35(31)30-16-11-19-34(36(30)38(37,3)4)39-32-17-9-7-14-27(32)28-15-8-10-18-33(28)39/h5-23H,1-4H3. The summed E-state index contributed by atoms with van der Waals surface area (Å²) in [5, 5.41) is 7.89. The minimum Gasteiger partial charge on any atom is -0.309 e. The molecule has 0 unspecified atom stereocenters. The molecule has 8 rings (SSSR count). The Bertz CT molecular complexity index is 2070. The quantitative estimate of drug-likeness (QED) is 0.197. The molecule has 0 bridgehead atoms. The minimum absolute atomic E-state index is 0.0793. The molecule has 39 heavy (non-hydrogen) atoms. The Morgan fingerprint density at radius 1 is 0.462 bits per heavy atom. The van der Waals surface area contributed by atoms with Crippen LogP contribution in [-0.4, -0.2) is 4.57 Å². The predicted octanol–water partition coefficient (Wildman–Crippen LogP) is 10.3. The summed E-state index contributed by atoms with van der Waals surface area (Å²) in [7, 11) is 0. The van der Waals surface area contributed by atoms with Gasteiger partial charge in [0.05, 0.1) is 16.7 Å². The predicted molar refractivity (Wildman–Crippen MR) is 167 cm³/mol. The summed E-state index contributed by atoms with van der Waals surface area (Å²) in [6, 6.07) is 42.8. The fraction of sp³-hybridized carbons (Fsp3) is 0.158. The lowest BCUT2D eigenvalue weighted by Gasteiger charge is -2.49. The second kappa shape index (κ2) is 7.61. The molecule has 0 saturated heterocycles. The summed E-state index contributed by atoms with van der Waals surface area (Å²) < 4.78 is 2.51. The van der Waals surface area contributed by atoms with Gasteiger partial charge in [-0.2, -0.15) is 0 Å². The number of aromatic nitrogens is 1. The molecule has 6 aromatic carbocycles. The van der Waals surface area contributed by atoms with Crippen molar-refractivity contribution in [2.75, 3.05) is 0 Å². The van der Waals surface area contributed by atoms with Crippen molar-refractivity contribution < 1.29 is 0 Å². The molecule has 1 heteroatoms. The molecule has 0 fully saturated rings. The average molecular weight is 502 g/mol. The van der Waals surface area contributed by atoms with Crippen LogP contribution >= 0.6 is 0 Å². The molecule has 0 aliphatic heterocycles. The Morgan fingerprint density at radius 2 is 1.08 bits per heavy atom. The van der Waals surface area contributed by atoms with Gasteiger partial charge in [-0.05, 0) is 67.4 Å². The van der Waals surface area contributed by atoms with Gasteiger partial charge in [0.2, 0.25) is 0 Å². The number of fused-ring (bicyclic) bond motifs is 10. The van der Waals surface area contributed by atoms with E-state index >= 15 is 0 Å². The third kappa shape index (κ3) is 2.80. The second-order valence-corrected chi connectivity index (χ2v) is 12.2. The Labute approximate surface area is 229 Å². The van der Waals surface area contributed by atoms with Gasteiger partial charge < -0.3 is 4.57 Å². The SMILES string of the molecule is CC1(C)c2ccc3c(ccc4ccccc43)c2-c2cccc(-n3c4ccccc4c4ccccc43)c2C1(C)C. The number of rotatable bonds is 1. The first-order valence-electron chi connectivity index (χ1n) is 14.0. The van der Waals surface area contributed by atoms with E-state index in [9.17, 15) is 0 Å². The number of benzene rings is 6. The smallest absolute Gasteiger partial charge is 0.0541 e. The molecule has 0 radical (unpaired) electrons. The van der Waals surface area contributed by atoms with Crippen LogP contribution in [0.2, 0.25) is 0 Å². The summed E-state index contributed by atoms with van der Waals surface area (Å²) >= 11 is 0. The molecular formula is C38H31N. The van der Waals surface area contributed by atoms with E-state index < -0.39 is 0 Å². The van der Waals surface area contributed by atoms with Crippen LogP contribution < -0.4 is 0 Å². The fourth-order valence-corrected chi connectivity index (χ4v) is 7.32. The highest BCUT2D eigenvalue weighted by molar-refractivity contribution is 6.14. The molecule has 1 heterocycles. The molecule has 1 aromatic heterocycles. The first-order valence-corrected chi connectivity index (χ1v) is 14.0. The van der Waals surface area contributed by atoms with Crippen molar-refractivity contribution in [2.45, 2.75) is 38.5 Å². The van der Waals surface area contributed by atoms with E-state index in [1.165, 1.54) is 71.3 Å². The van der Waals surface area contributed by atoms with Crippen LogP contribution in [0.5, 0.6) is 0 Å². The third-order valence-electron chi connectivity index (χ3n) is 9.92. The maximum absolute atomic E-state index is 2.51. The Balaban J connectivity index is 1.55. The monoisotopic (exact) mass is 501 g/mol. The van der Waals surface area contributed by atoms with Gasteiger partial charge in [0.1, 0.15) is 0 Å². The van der Waals surface area contributed by atoms with Crippen molar-refractivity contribution in [2.24, 2.45) is 0 Å². The van der Waals surface area contributed by atoms with Crippen LogP contribution in [0.1, 0.15) is 38.8 Å². The molecule has 0 N–H and O–H groups in total. The lowest BCUT2D eigenvalue weighted by molar-refractivity contribution is 0.299. The first-order chi connectivity index (χ1) is 18.9. The highest BCUT2D eigenvalue weighted by atomic mass is 15.0. The van der Waals surface area contributed by atoms with Gasteiger partial charge >= 0.3 is 0 Å². The molecule has 0 spiro atoms. The number of hydrogen-bond acceptors (Lipinski definition) is 0. The molecule has 1 aliphatic rings. The highest BCUT2D eigenvalue weighted by Crippen LogP contribution is 2.57. The number of hydrogen-bond donors (Lipinski definition) is 0. The van der Waals surface area contributed by atoms with Crippen LogP contribution in [0.25, 0.3) is 60.2 Å². The average Bonchev–Trinajstić information content (AvgIpc) is 3.29. The van der Waals surface area contributed by atoms with E-state index in [1.54, 1.807) is 0 Å². The maximum Gasteiger partial charge on any atom is 0.0541 e. The van der Waals surface area contributed by atoms with Gasteiger partial charge in [-0.3, -0.25) is 0 Å². The van der Waals surface area contributed by atoms with E-state index in [-0.39, 0.29) is 10.8 Å². The Hall–Kier alpha value is -4.36. The molecular weight excluding hydrogens is 470 g/mol. The van der Waals surface area contributed by atoms with Crippen LogP contribution in [0.4, 0.5) is 0 Å². The van der Waals surface area contributed by atoms with Crippen LogP contribution in [0.3, 0.4) is 0 Å². The summed E-state index contributed by atoms with van der Waals surface area (Å²) in [4.78, 5) is 0. The van der Waals surface area contributed by atoms with Crippen molar-refractivity contribution >= 4 is 43.4 Å². The number of nitrogens with zero attached hydrogens (tertiary/aromatic N) is 1. The lowest BCUT2D eigenvalue weighted by atomic mass is 9.54. The highest BCUT2D eigenvalue weighted by Gasteiger charge is 2.47. The van der Waals surface area contributed by atoms with Gasteiger partial charge in [-0.25, -0.2) is 0 Å². The fourth-order valence-electron chi connectivity index (χ4n) is 7.32. The zero-order valence-electron chi connectivity index (χ0n) is 22.9. The summed E-state index contributed by atoms with van der Waals surface area (Å²) in [5.74, 6) is 0. The van der Waals surface area contributed by atoms with Crippen molar-refractivity contribution in [3.05, 3.63) is 126 Å². The van der Waals surface area contributed by atoms with Gasteiger partial charge in [-0.1, -0.05) is 125 Å². The summed E-state index contributed by atoms with van der Waals surface area (Å²) in [6.07, 6.45) is 0. The zero-order valence-corrected chi connectivity index (χ0v) is 22.9. The molecule has 7 aromatic rings. The third-order valence-corrected chi connectivity index (χ3v) is 9.92. The summed E-state index contributed by atoms with van der Waals surface area (Å²) in [5.41, 5.74) is 9.22. The first kappa shape index (κ1) is 22.6. The number of para-hydroxylation sites is 2. The summed E-state index contributed by atoms with van der Waals surface area (Å²) in [6.45, 7) is 9.75. The van der Waals surface area contributed by atoms with Crippen molar-refractivity contribution in [3.8, 4) is 16.8 Å². The normalized spacial score (nSPS) is 15.6.